The first-order valence-corrected chi connectivity index (χ1v) is 8.11. The number of nitrogens with one attached hydrogen (secondary N) is 2. The molecular formula is C19H19ClN4. The molecule has 0 amide bonds. The number of para-hydroxylation sites is 1. The zero-order valence-electron chi connectivity index (χ0n) is 13.9. The second-order valence-electron chi connectivity index (χ2n) is 5.70. The SMILES string of the molecule is Cc1cc(Nc2ccccc2C)nc(Nc2cccc(Cl)c2C)n1. The lowest BCUT2D eigenvalue weighted by molar-refractivity contribution is 1.10. The van der Waals surface area contributed by atoms with Gasteiger partial charge in [0.1, 0.15) is 5.82 Å². The number of nitrogens with zero attached hydrogens (tertiary/aromatic N) is 2. The summed E-state index contributed by atoms with van der Waals surface area (Å²) in [6.45, 7) is 5.97. The van der Waals surface area contributed by atoms with Crippen LogP contribution in [0.25, 0.3) is 0 Å². The highest BCUT2D eigenvalue weighted by molar-refractivity contribution is 6.31. The molecule has 3 rings (SSSR count). The van der Waals surface area contributed by atoms with Crippen molar-refractivity contribution < 1.29 is 0 Å². The largest absolute Gasteiger partial charge is 0.340 e. The van der Waals surface area contributed by atoms with Crippen molar-refractivity contribution >= 4 is 34.7 Å². The molecule has 0 saturated carbocycles. The molecule has 0 atom stereocenters. The van der Waals surface area contributed by atoms with Gasteiger partial charge in [0, 0.05) is 28.2 Å². The smallest absolute Gasteiger partial charge is 0.229 e. The van der Waals surface area contributed by atoms with Gasteiger partial charge in [-0.25, -0.2) is 4.98 Å². The van der Waals surface area contributed by atoms with Gasteiger partial charge in [0.2, 0.25) is 5.95 Å². The quantitative estimate of drug-likeness (QED) is 0.655. The van der Waals surface area contributed by atoms with E-state index < -0.39 is 0 Å². The number of benzene rings is 2. The number of anilines is 4. The second-order valence-corrected chi connectivity index (χ2v) is 6.10. The van der Waals surface area contributed by atoms with Crippen molar-refractivity contribution in [2.45, 2.75) is 20.8 Å². The molecule has 0 aliphatic heterocycles. The van der Waals surface area contributed by atoms with Gasteiger partial charge in [0.15, 0.2) is 0 Å². The van der Waals surface area contributed by atoms with Crippen LogP contribution in [0, 0.1) is 20.8 Å². The van der Waals surface area contributed by atoms with Gasteiger partial charge in [-0.15, -0.1) is 0 Å². The number of hydrogen-bond acceptors (Lipinski definition) is 4. The minimum Gasteiger partial charge on any atom is -0.340 e. The van der Waals surface area contributed by atoms with E-state index in [2.05, 4.69) is 33.6 Å². The third-order valence-corrected chi connectivity index (χ3v) is 4.19. The van der Waals surface area contributed by atoms with Gasteiger partial charge in [-0.05, 0) is 50.1 Å². The summed E-state index contributed by atoms with van der Waals surface area (Å²) in [5, 5.41) is 7.31. The Kier molecular flexibility index (Phi) is 4.67. The summed E-state index contributed by atoms with van der Waals surface area (Å²) < 4.78 is 0. The van der Waals surface area contributed by atoms with E-state index in [4.69, 9.17) is 11.6 Å². The molecule has 0 aliphatic rings. The van der Waals surface area contributed by atoms with E-state index in [0.717, 1.165) is 34.0 Å². The molecule has 1 aromatic heterocycles. The number of halogens is 1. The molecule has 24 heavy (non-hydrogen) atoms. The maximum absolute atomic E-state index is 6.17. The maximum atomic E-state index is 6.17. The average Bonchev–Trinajstić information content (AvgIpc) is 2.54. The van der Waals surface area contributed by atoms with Crippen molar-refractivity contribution in [3.05, 3.63) is 70.4 Å². The van der Waals surface area contributed by atoms with Crippen molar-refractivity contribution in [3.8, 4) is 0 Å². The highest BCUT2D eigenvalue weighted by Gasteiger charge is 2.07. The summed E-state index contributed by atoms with van der Waals surface area (Å²) in [4.78, 5) is 9.02. The molecule has 4 nitrogen and oxygen atoms in total. The van der Waals surface area contributed by atoms with E-state index in [1.54, 1.807) is 0 Å². The molecule has 0 unspecified atom stereocenters. The Morgan fingerprint density at radius 3 is 2.38 bits per heavy atom. The molecule has 3 aromatic rings. The Bertz CT molecular complexity index is 877. The molecular weight excluding hydrogens is 320 g/mol. The summed E-state index contributed by atoms with van der Waals surface area (Å²) in [5.74, 6) is 1.29. The molecule has 0 saturated heterocycles. The van der Waals surface area contributed by atoms with Gasteiger partial charge >= 0.3 is 0 Å². The van der Waals surface area contributed by atoms with Crippen LogP contribution in [0.1, 0.15) is 16.8 Å². The van der Waals surface area contributed by atoms with Crippen LogP contribution in [-0.4, -0.2) is 9.97 Å². The monoisotopic (exact) mass is 338 g/mol. The summed E-state index contributed by atoms with van der Waals surface area (Å²) in [5.41, 5.74) is 4.94. The first-order valence-electron chi connectivity index (χ1n) is 7.73. The van der Waals surface area contributed by atoms with Crippen molar-refractivity contribution in [3.63, 3.8) is 0 Å². The van der Waals surface area contributed by atoms with E-state index in [1.807, 2.05) is 56.3 Å². The highest BCUT2D eigenvalue weighted by Crippen LogP contribution is 2.26. The van der Waals surface area contributed by atoms with Gasteiger partial charge in [-0.2, -0.15) is 4.98 Å². The van der Waals surface area contributed by atoms with E-state index >= 15 is 0 Å². The van der Waals surface area contributed by atoms with Crippen LogP contribution in [0.5, 0.6) is 0 Å². The van der Waals surface area contributed by atoms with E-state index in [-0.39, 0.29) is 0 Å². The summed E-state index contributed by atoms with van der Waals surface area (Å²) in [6.07, 6.45) is 0. The molecule has 0 fully saturated rings. The lowest BCUT2D eigenvalue weighted by Crippen LogP contribution is -2.03. The zero-order chi connectivity index (χ0) is 17.1. The number of hydrogen-bond donors (Lipinski definition) is 2. The number of aryl methyl sites for hydroxylation is 2. The third-order valence-electron chi connectivity index (χ3n) is 3.78. The minimum atomic E-state index is 0.538. The van der Waals surface area contributed by atoms with Crippen LogP contribution in [0.3, 0.4) is 0 Å². The van der Waals surface area contributed by atoms with Gasteiger partial charge < -0.3 is 10.6 Å². The standard InChI is InChI=1S/C19H19ClN4/c1-12-7-4-5-9-16(12)22-18-11-13(2)21-19(24-18)23-17-10-6-8-15(20)14(17)3/h4-11H,1-3H3,(H2,21,22,23,24). The average molecular weight is 339 g/mol. The molecule has 0 radical (unpaired) electrons. The predicted molar refractivity (Wildman–Crippen MR) is 101 cm³/mol. The lowest BCUT2D eigenvalue weighted by Gasteiger charge is -2.13. The maximum Gasteiger partial charge on any atom is 0.229 e. The van der Waals surface area contributed by atoms with E-state index in [9.17, 15) is 0 Å². The molecule has 2 aromatic carbocycles. The second kappa shape index (κ2) is 6.89. The van der Waals surface area contributed by atoms with Crippen LogP contribution < -0.4 is 10.6 Å². The third kappa shape index (κ3) is 3.66. The lowest BCUT2D eigenvalue weighted by atomic mass is 10.2. The van der Waals surface area contributed by atoms with Gasteiger partial charge in [0.25, 0.3) is 0 Å². The summed E-state index contributed by atoms with van der Waals surface area (Å²) in [6, 6.07) is 15.7. The fraction of sp³-hybridized carbons (Fsp3) is 0.158. The van der Waals surface area contributed by atoms with Crippen LogP contribution in [0.4, 0.5) is 23.1 Å². The molecule has 0 aliphatic carbocycles. The Morgan fingerprint density at radius 1 is 0.833 bits per heavy atom. The topological polar surface area (TPSA) is 49.8 Å². The van der Waals surface area contributed by atoms with Crippen LogP contribution in [0.2, 0.25) is 5.02 Å². The van der Waals surface area contributed by atoms with Crippen LogP contribution >= 0.6 is 11.6 Å². The van der Waals surface area contributed by atoms with Gasteiger partial charge in [-0.3, -0.25) is 0 Å². The molecule has 0 spiro atoms. The summed E-state index contributed by atoms with van der Waals surface area (Å²) in [7, 11) is 0. The van der Waals surface area contributed by atoms with Crippen LogP contribution in [-0.2, 0) is 0 Å². The van der Waals surface area contributed by atoms with Crippen molar-refractivity contribution in [2.24, 2.45) is 0 Å². The summed E-state index contributed by atoms with van der Waals surface area (Å²) >= 11 is 6.17. The molecule has 5 heteroatoms. The fourth-order valence-electron chi connectivity index (χ4n) is 2.40. The van der Waals surface area contributed by atoms with Crippen molar-refractivity contribution in [1.29, 1.82) is 0 Å². The highest BCUT2D eigenvalue weighted by atomic mass is 35.5. The minimum absolute atomic E-state index is 0.538. The molecule has 2 N–H and O–H groups in total. The zero-order valence-corrected chi connectivity index (χ0v) is 14.6. The predicted octanol–water partition coefficient (Wildman–Crippen LogP) is 5.54. The molecule has 0 bridgehead atoms. The van der Waals surface area contributed by atoms with E-state index in [0.29, 0.717) is 11.0 Å². The first-order chi connectivity index (χ1) is 11.5. The fourth-order valence-corrected chi connectivity index (χ4v) is 2.58. The molecule has 1 heterocycles. The first kappa shape index (κ1) is 16.3. The Balaban J connectivity index is 1.89. The van der Waals surface area contributed by atoms with Gasteiger partial charge in [0.05, 0.1) is 0 Å². The number of rotatable bonds is 4. The molecule has 122 valence electrons. The Hall–Kier alpha value is -2.59. The van der Waals surface area contributed by atoms with Crippen molar-refractivity contribution in [1.82, 2.24) is 9.97 Å². The van der Waals surface area contributed by atoms with Crippen LogP contribution in [0.15, 0.2) is 48.5 Å². The van der Waals surface area contributed by atoms with E-state index in [1.165, 1.54) is 0 Å². The normalized spacial score (nSPS) is 10.5. The van der Waals surface area contributed by atoms with Gasteiger partial charge in [-0.1, -0.05) is 35.9 Å². The Morgan fingerprint density at radius 2 is 1.58 bits per heavy atom. The Labute approximate surface area is 146 Å². The van der Waals surface area contributed by atoms with Crippen molar-refractivity contribution in [2.75, 3.05) is 10.6 Å². The number of aromatic nitrogens is 2.